The fraction of sp³-hybridized carbons (Fsp3) is 0.600. The van der Waals surface area contributed by atoms with Gasteiger partial charge in [0.25, 0.3) is 0 Å². The average molecular weight is 286 g/mol. The molecule has 1 aliphatic carbocycles. The monoisotopic (exact) mass is 285 g/mol. The van der Waals surface area contributed by atoms with E-state index in [0.717, 1.165) is 5.02 Å². The molecule has 0 amide bonds. The number of hydrogen-bond donors (Lipinski definition) is 0. The van der Waals surface area contributed by atoms with Crippen molar-refractivity contribution < 1.29 is 0 Å². The summed E-state index contributed by atoms with van der Waals surface area (Å²) in [6.45, 7) is 6.86. The molecule has 1 aromatic rings. The molecule has 18 heavy (non-hydrogen) atoms. The van der Waals surface area contributed by atoms with Gasteiger partial charge in [-0.05, 0) is 44.0 Å². The van der Waals surface area contributed by atoms with Gasteiger partial charge in [0.05, 0.1) is 10.0 Å². The van der Waals surface area contributed by atoms with Crippen LogP contribution >= 0.6 is 23.2 Å². The Morgan fingerprint density at radius 1 is 1.17 bits per heavy atom. The molecular weight excluding hydrogens is 265 g/mol. The van der Waals surface area contributed by atoms with Crippen molar-refractivity contribution in [1.82, 2.24) is 4.90 Å². The van der Waals surface area contributed by atoms with Crippen LogP contribution in [0.3, 0.4) is 0 Å². The van der Waals surface area contributed by atoms with E-state index < -0.39 is 0 Å². The summed E-state index contributed by atoms with van der Waals surface area (Å²) in [4.78, 5) is 2.60. The maximum Gasteiger partial charge on any atom is 0.0627 e. The van der Waals surface area contributed by atoms with Crippen molar-refractivity contribution in [3.8, 4) is 0 Å². The highest BCUT2D eigenvalue weighted by Crippen LogP contribution is 2.48. The Labute approximate surface area is 120 Å². The zero-order chi connectivity index (χ0) is 13.1. The van der Waals surface area contributed by atoms with Crippen molar-refractivity contribution in [2.75, 3.05) is 13.1 Å². The minimum absolute atomic E-state index is 0.578. The number of nitrogens with zero attached hydrogens (tertiary/aromatic N) is 1. The first-order valence-corrected chi connectivity index (χ1v) is 7.62. The normalized spacial score (nSPS) is 22.5. The predicted molar refractivity (Wildman–Crippen MR) is 79.8 cm³/mol. The van der Waals surface area contributed by atoms with E-state index in [1.807, 2.05) is 12.1 Å². The number of halogens is 2. The van der Waals surface area contributed by atoms with E-state index in [9.17, 15) is 0 Å². The molecule has 0 aromatic heterocycles. The van der Waals surface area contributed by atoms with Gasteiger partial charge < -0.3 is 0 Å². The van der Waals surface area contributed by atoms with Crippen molar-refractivity contribution in [1.29, 1.82) is 0 Å². The Morgan fingerprint density at radius 3 is 2.44 bits per heavy atom. The van der Waals surface area contributed by atoms with Gasteiger partial charge in [-0.3, -0.25) is 4.90 Å². The Bertz CT molecular complexity index is 399. The van der Waals surface area contributed by atoms with Crippen LogP contribution in [0.25, 0.3) is 0 Å². The molecule has 0 radical (unpaired) electrons. The lowest BCUT2D eigenvalue weighted by atomic mass is 10.1. The van der Waals surface area contributed by atoms with Gasteiger partial charge in [0.15, 0.2) is 0 Å². The highest BCUT2D eigenvalue weighted by Gasteiger charge is 2.43. The van der Waals surface area contributed by atoms with Crippen LogP contribution in [-0.2, 0) is 0 Å². The number of rotatable bonds is 6. The van der Waals surface area contributed by atoms with Gasteiger partial charge in [0, 0.05) is 12.0 Å². The lowest BCUT2D eigenvalue weighted by molar-refractivity contribution is 0.260. The third kappa shape index (κ3) is 3.01. The van der Waals surface area contributed by atoms with Crippen LogP contribution in [0.1, 0.15) is 44.6 Å². The van der Waals surface area contributed by atoms with Gasteiger partial charge >= 0.3 is 0 Å². The molecule has 1 fully saturated rings. The summed E-state index contributed by atoms with van der Waals surface area (Å²) >= 11 is 12.4. The van der Waals surface area contributed by atoms with Crippen LogP contribution < -0.4 is 0 Å². The second-order valence-corrected chi connectivity index (χ2v) is 5.87. The van der Waals surface area contributed by atoms with Crippen molar-refractivity contribution in [3.05, 3.63) is 33.8 Å². The summed E-state index contributed by atoms with van der Waals surface area (Å²) in [6.07, 6.45) is 3.65. The summed E-state index contributed by atoms with van der Waals surface area (Å²) in [6, 6.07) is 6.65. The molecule has 1 aliphatic rings. The lowest BCUT2D eigenvalue weighted by Gasteiger charge is -2.21. The minimum atomic E-state index is 0.578. The van der Waals surface area contributed by atoms with E-state index in [2.05, 4.69) is 24.8 Å². The first-order chi connectivity index (χ1) is 8.69. The molecule has 3 heteroatoms. The third-order valence-corrected chi connectivity index (χ3v) is 4.46. The Hall–Kier alpha value is -0.240. The van der Waals surface area contributed by atoms with Gasteiger partial charge in [-0.2, -0.15) is 0 Å². The molecule has 0 spiro atoms. The standard InChI is InChI=1S/C15H21Cl2N/c1-3-8-18(9-4-2)14-10-12(14)11-6-5-7-13(16)15(11)17/h5-7,12,14H,3-4,8-10H2,1-2H3/t12-,14+/m1/s1. The highest BCUT2D eigenvalue weighted by atomic mass is 35.5. The Balaban J connectivity index is 2.07. The van der Waals surface area contributed by atoms with Crippen molar-refractivity contribution >= 4 is 23.2 Å². The minimum Gasteiger partial charge on any atom is -0.300 e. The first kappa shape index (κ1) is 14.2. The Kier molecular flexibility index (Phi) is 4.94. The van der Waals surface area contributed by atoms with E-state index in [0.29, 0.717) is 17.0 Å². The number of benzene rings is 1. The summed E-state index contributed by atoms with van der Waals surface area (Å²) in [5, 5.41) is 1.43. The smallest absolute Gasteiger partial charge is 0.0627 e. The summed E-state index contributed by atoms with van der Waals surface area (Å²) < 4.78 is 0. The molecule has 100 valence electrons. The first-order valence-electron chi connectivity index (χ1n) is 6.87. The molecule has 2 atom stereocenters. The Morgan fingerprint density at radius 2 is 1.83 bits per heavy atom. The molecule has 0 bridgehead atoms. The van der Waals surface area contributed by atoms with Gasteiger partial charge in [-0.1, -0.05) is 49.2 Å². The second-order valence-electron chi connectivity index (χ2n) is 5.09. The van der Waals surface area contributed by atoms with E-state index in [4.69, 9.17) is 23.2 Å². The lowest BCUT2D eigenvalue weighted by Crippen LogP contribution is -2.28. The van der Waals surface area contributed by atoms with Crippen molar-refractivity contribution in [2.24, 2.45) is 0 Å². The number of hydrogen-bond acceptors (Lipinski definition) is 1. The zero-order valence-corrected chi connectivity index (χ0v) is 12.6. The largest absolute Gasteiger partial charge is 0.300 e. The maximum absolute atomic E-state index is 6.30. The molecule has 1 aromatic carbocycles. The second kappa shape index (κ2) is 6.27. The summed E-state index contributed by atoms with van der Waals surface area (Å²) in [7, 11) is 0. The molecule has 2 rings (SSSR count). The predicted octanol–water partition coefficient (Wildman–Crippen LogP) is 4.97. The molecule has 1 saturated carbocycles. The molecule has 0 saturated heterocycles. The molecule has 0 heterocycles. The van der Waals surface area contributed by atoms with Crippen molar-refractivity contribution in [3.63, 3.8) is 0 Å². The summed E-state index contributed by atoms with van der Waals surface area (Å²) in [5.41, 5.74) is 1.23. The van der Waals surface area contributed by atoms with Crippen LogP contribution in [0.4, 0.5) is 0 Å². The highest BCUT2D eigenvalue weighted by molar-refractivity contribution is 6.42. The van der Waals surface area contributed by atoms with E-state index in [1.54, 1.807) is 0 Å². The SMILES string of the molecule is CCCN(CCC)[C@H]1C[C@@H]1c1cccc(Cl)c1Cl. The van der Waals surface area contributed by atoms with Crippen LogP contribution in [0.5, 0.6) is 0 Å². The fourth-order valence-electron chi connectivity index (χ4n) is 2.74. The van der Waals surface area contributed by atoms with Crippen LogP contribution in [0.15, 0.2) is 18.2 Å². The van der Waals surface area contributed by atoms with Gasteiger partial charge in [0.1, 0.15) is 0 Å². The molecule has 1 nitrogen and oxygen atoms in total. The molecule has 0 N–H and O–H groups in total. The van der Waals surface area contributed by atoms with Gasteiger partial charge in [0.2, 0.25) is 0 Å². The summed E-state index contributed by atoms with van der Waals surface area (Å²) in [5.74, 6) is 0.578. The van der Waals surface area contributed by atoms with Crippen LogP contribution in [-0.4, -0.2) is 24.0 Å². The molecular formula is C15H21Cl2N. The third-order valence-electron chi connectivity index (χ3n) is 3.63. The van der Waals surface area contributed by atoms with E-state index >= 15 is 0 Å². The maximum atomic E-state index is 6.30. The van der Waals surface area contributed by atoms with E-state index in [1.165, 1.54) is 37.9 Å². The van der Waals surface area contributed by atoms with Gasteiger partial charge in [-0.15, -0.1) is 0 Å². The average Bonchev–Trinajstić information content (AvgIpc) is 3.12. The van der Waals surface area contributed by atoms with Gasteiger partial charge in [-0.25, -0.2) is 0 Å². The van der Waals surface area contributed by atoms with Crippen molar-refractivity contribution in [2.45, 2.75) is 45.1 Å². The van der Waals surface area contributed by atoms with E-state index in [-0.39, 0.29) is 0 Å². The quantitative estimate of drug-likeness (QED) is 0.713. The molecule has 0 aliphatic heterocycles. The molecule has 0 unspecified atom stereocenters. The van der Waals surface area contributed by atoms with Crippen LogP contribution in [0, 0.1) is 0 Å². The van der Waals surface area contributed by atoms with Crippen LogP contribution in [0.2, 0.25) is 10.0 Å². The zero-order valence-electron chi connectivity index (χ0n) is 11.1. The topological polar surface area (TPSA) is 3.24 Å². The fourth-order valence-corrected chi connectivity index (χ4v) is 3.19.